The molecule has 6 nitrogen and oxygen atoms in total. The summed E-state index contributed by atoms with van der Waals surface area (Å²) >= 11 is 0. The molecule has 0 heterocycles. The monoisotopic (exact) mass is 1230 g/mol. The Bertz CT molecular complexity index is 1320. The Morgan fingerprint density at radius 3 is 0.816 bits per heavy atom. The number of esters is 1. The molecule has 0 fully saturated rings. The van der Waals surface area contributed by atoms with Gasteiger partial charge in [0.1, 0.15) is 0 Å². The van der Waals surface area contributed by atoms with Crippen molar-refractivity contribution in [1.29, 1.82) is 0 Å². The van der Waals surface area contributed by atoms with E-state index < -0.39 is 12.1 Å². The number of hydrogen-bond donors (Lipinski definition) is 3. The predicted molar refractivity (Wildman–Crippen MR) is 384 cm³/mol. The lowest BCUT2D eigenvalue weighted by atomic mass is 10.0. The summed E-state index contributed by atoms with van der Waals surface area (Å²) in [5, 5.41) is 23.4. The fourth-order valence-electron chi connectivity index (χ4n) is 13.2. The Morgan fingerprint density at radius 2 is 0.540 bits per heavy atom. The van der Waals surface area contributed by atoms with Crippen molar-refractivity contribution in [3.8, 4) is 0 Å². The number of ether oxygens (including phenoxy) is 1. The van der Waals surface area contributed by atoms with E-state index in [1.54, 1.807) is 0 Å². The first-order chi connectivity index (χ1) is 43.0. The molecule has 0 spiro atoms. The lowest BCUT2D eigenvalue weighted by Crippen LogP contribution is -2.45. The fourth-order valence-corrected chi connectivity index (χ4v) is 13.2. The Labute approximate surface area is 546 Å². The Hall–Kier alpha value is -1.40. The van der Waals surface area contributed by atoms with E-state index >= 15 is 0 Å². The van der Waals surface area contributed by atoms with E-state index in [0.717, 1.165) is 38.5 Å². The van der Waals surface area contributed by atoms with Crippen molar-refractivity contribution in [3.63, 3.8) is 0 Å². The van der Waals surface area contributed by atoms with E-state index in [2.05, 4.69) is 31.3 Å². The van der Waals surface area contributed by atoms with Gasteiger partial charge in [-0.3, -0.25) is 9.59 Å². The predicted octanol–water partition coefficient (Wildman–Crippen LogP) is 26.7. The second-order valence-corrected chi connectivity index (χ2v) is 28.1. The SMILES string of the molecule is CCCCCCCCCCCCCCCCCCCCC(O)C(CO)NC(=O)CCCCCCCCCCCCCCCCCCC/C=C\CCCCCCCCCCCCCCCCCCOC(=O)CCCCCCCCCCCCCCCCC. The average Bonchev–Trinajstić information content (AvgIpc) is 3.57. The third-order valence-electron chi connectivity index (χ3n) is 19.3. The molecule has 518 valence electrons. The standard InChI is InChI=1S/C81H159NO5/c1-3-5-7-9-11-13-15-17-19-20-42-46-49-53-57-61-65-69-73-79(84)78(77-83)82-80(85)74-70-66-62-58-54-50-47-43-40-38-36-34-32-30-28-26-24-22-21-23-25-27-29-31-33-35-37-39-41-44-48-52-56-60-64-68-72-76-87-81(86)75-71-67-63-59-55-51-45-18-16-14-12-10-8-6-4-2/h21,23,78-79,83-84H,3-20,22,24-77H2,1-2H3,(H,82,85)/b23-21-. The molecule has 0 saturated carbocycles. The Morgan fingerprint density at radius 1 is 0.310 bits per heavy atom. The number of carbonyl (C=O) groups is 2. The van der Waals surface area contributed by atoms with Crippen LogP contribution >= 0.6 is 0 Å². The van der Waals surface area contributed by atoms with E-state index in [4.69, 9.17) is 4.74 Å². The maximum absolute atomic E-state index is 12.5. The van der Waals surface area contributed by atoms with Gasteiger partial charge in [0.2, 0.25) is 5.91 Å². The fraction of sp³-hybridized carbons (Fsp3) is 0.951. The third-order valence-corrected chi connectivity index (χ3v) is 19.3. The Balaban J connectivity index is 3.32. The number of aliphatic hydroxyl groups excluding tert-OH is 2. The molecule has 2 unspecified atom stereocenters. The zero-order chi connectivity index (χ0) is 62.8. The Kier molecular flexibility index (Phi) is 75.8. The number of unbranched alkanes of at least 4 members (excludes halogenated alkanes) is 64. The highest BCUT2D eigenvalue weighted by molar-refractivity contribution is 5.76. The van der Waals surface area contributed by atoms with Gasteiger partial charge in [-0.25, -0.2) is 0 Å². The highest BCUT2D eigenvalue weighted by Gasteiger charge is 2.20. The molecule has 0 aliphatic carbocycles. The number of hydrogen-bond acceptors (Lipinski definition) is 5. The summed E-state index contributed by atoms with van der Waals surface area (Å²) in [4.78, 5) is 24.6. The van der Waals surface area contributed by atoms with Crippen LogP contribution in [-0.2, 0) is 14.3 Å². The van der Waals surface area contributed by atoms with Gasteiger partial charge in [0.05, 0.1) is 25.4 Å². The number of amides is 1. The van der Waals surface area contributed by atoms with Crippen molar-refractivity contribution < 1.29 is 24.5 Å². The number of rotatable bonds is 77. The average molecular weight is 1230 g/mol. The van der Waals surface area contributed by atoms with Crippen LogP contribution in [0.2, 0.25) is 0 Å². The largest absolute Gasteiger partial charge is 0.466 e. The van der Waals surface area contributed by atoms with Gasteiger partial charge in [0.15, 0.2) is 0 Å². The third kappa shape index (κ3) is 73.5. The van der Waals surface area contributed by atoms with Crippen molar-refractivity contribution in [2.45, 2.75) is 482 Å². The van der Waals surface area contributed by atoms with Crippen LogP contribution in [0.1, 0.15) is 470 Å². The topological polar surface area (TPSA) is 95.9 Å². The molecule has 1 amide bonds. The number of carbonyl (C=O) groups excluding carboxylic acids is 2. The summed E-state index contributed by atoms with van der Waals surface area (Å²) < 4.78 is 5.51. The summed E-state index contributed by atoms with van der Waals surface area (Å²) in [6.07, 6.45) is 97.5. The molecular weight excluding hydrogens is 1070 g/mol. The summed E-state index contributed by atoms with van der Waals surface area (Å²) in [6.45, 7) is 5.01. The molecule has 0 saturated heterocycles. The van der Waals surface area contributed by atoms with Gasteiger partial charge in [0, 0.05) is 12.8 Å². The molecule has 0 aromatic rings. The highest BCUT2D eigenvalue weighted by atomic mass is 16.5. The molecule has 0 radical (unpaired) electrons. The minimum atomic E-state index is -0.661. The van der Waals surface area contributed by atoms with E-state index in [-0.39, 0.29) is 18.5 Å². The summed E-state index contributed by atoms with van der Waals surface area (Å²) in [6, 6.07) is -0.538. The van der Waals surface area contributed by atoms with Crippen LogP contribution in [0, 0.1) is 0 Å². The van der Waals surface area contributed by atoms with Crippen LogP contribution in [0.3, 0.4) is 0 Å². The van der Waals surface area contributed by atoms with Gasteiger partial charge in [-0.15, -0.1) is 0 Å². The first-order valence-corrected chi connectivity index (χ1v) is 40.4. The second-order valence-electron chi connectivity index (χ2n) is 28.1. The number of allylic oxidation sites excluding steroid dienone is 2. The van der Waals surface area contributed by atoms with Crippen molar-refractivity contribution in [2.24, 2.45) is 0 Å². The van der Waals surface area contributed by atoms with Crippen LogP contribution in [-0.4, -0.2) is 47.4 Å². The lowest BCUT2D eigenvalue weighted by molar-refractivity contribution is -0.143. The summed E-state index contributed by atoms with van der Waals surface area (Å²) in [5.41, 5.74) is 0. The molecule has 3 N–H and O–H groups in total. The van der Waals surface area contributed by atoms with Gasteiger partial charge in [-0.05, 0) is 51.4 Å². The maximum atomic E-state index is 12.5. The van der Waals surface area contributed by atoms with E-state index in [1.807, 2.05) is 0 Å². The van der Waals surface area contributed by atoms with Gasteiger partial charge in [0.25, 0.3) is 0 Å². The van der Waals surface area contributed by atoms with E-state index in [0.29, 0.717) is 25.9 Å². The molecular formula is C81H159NO5. The van der Waals surface area contributed by atoms with Crippen molar-refractivity contribution >= 4 is 11.9 Å². The smallest absolute Gasteiger partial charge is 0.305 e. The van der Waals surface area contributed by atoms with Gasteiger partial charge < -0.3 is 20.3 Å². The number of nitrogens with one attached hydrogen (secondary N) is 1. The lowest BCUT2D eigenvalue weighted by Gasteiger charge is -2.22. The summed E-state index contributed by atoms with van der Waals surface area (Å²) in [5.74, 6) is -0.000387. The van der Waals surface area contributed by atoms with Crippen molar-refractivity contribution in [3.05, 3.63) is 12.2 Å². The molecule has 0 aromatic carbocycles. The second kappa shape index (κ2) is 77.1. The zero-order valence-electron chi connectivity index (χ0n) is 59.5. The molecule has 6 heteroatoms. The van der Waals surface area contributed by atoms with Crippen LogP contribution in [0.15, 0.2) is 12.2 Å². The molecule has 2 atom stereocenters. The van der Waals surface area contributed by atoms with Gasteiger partial charge >= 0.3 is 5.97 Å². The molecule has 0 rings (SSSR count). The van der Waals surface area contributed by atoms with Crippen molar-refractivity contribution in [2.75, 3.05) is 13.2 Å². The van der Waals surface area contributed by atoms with E-state index in [1.165, 1.54) is 398 Å². The molecule has 0 aromatic heterocycles. The van der Waals surface area contributed by atoms with Crippen molar-refractivity contribution in [1.82, 2.24) is 5.32 Å². The van der Waals surface area contributed by atoms with Crippen LogP contribution < -0.4 is 5.32 Å². The van der Waals surface area contributed by atoms with E-state index in [9.17, 15) is 19.8 Å². The van der Waals surface area contributed by atoms with Crippen LogP contribution in [0.25, 0.3) is 0 Å². The zero-order valence-corrected chi connectivity index (χ0v) is 59.5. The minimum absolute atomic E-state index is 0.0256. The normalized spacial score (nSPS) is 12.5. The quantitative estimate of drug-likeness (QED) is 0.0320. The molecule has 0 bridgehead atoms. The van der Waals surface area contributed by atoms with Crippen LogP contribution in [0.5, 0.6) is 0 Å². The number of aliphatic hydroxyl groups is 2. The maximum Gasteiger partial charge on any atom is 0.305 e. The molecule has 0 aliphatic rings. The minimum Gasteiger partial charge on any atom is -0.466 e. The van der Waals surface area contributed by atoms with Crippen LogP contribution in [0.4, 0.5) is 0 Å². The summed E-state index contributed by atoms with van der Waals surface area (Å²) in [7, 11) is 0. The molecule has 0 aliphatic heterocycles. The van der Waals surface area contributed by atoms with Gasteiger partial charge in [-0.2, -0.15) is 0 Å². The van der Waals surface area contributed by atoms with Gasteiger partial charge in [-0.1, -0.05) is 418 Å². The first-order valence-electron chi connectivity index (χ1n) is 40.4. The molecule has 87 heavy (non-hydrogen) atoms. The highest BCUT2D eigenvalue weighted by Crippen LogP contribution is 2.20. The first kappa shape index (κ1) is 85.6.